The van der Waals surface area contributed by atoms with Crippen LogP contribution in [0.3, 0.4) is 0 Å². The second-order valence-electron chi connectivity index (χ2n) is 20.3. The van der Waals surface area contributed by atoms with Crippen LogP contribution in [0.15, 0.2) is 72.9 Å². The molecule has 0 heterocycles. The third-order valence-electron chi connectivity index (χ3n) is 12.5. The Bertz CT molecular complexity index is 1330. The molecule has 396 valence electrons. The van der Waals surface area contributed by atoms with Crippen LogP contribution in [0.4, 0.5) is 0 Å². The summed E-state index contributed by atoms with van der Waals surface area (Å²) in [6, 6.07) is -0.805. The van der Waals surface area contributed by atoms with E-state index < -0.39 is 20.0 Å². The van der Waals surface area contributed by atoms with Crippen molar-refractivity contribution in [2.45, 2.75) is 257 Å². The molecular weight excluding hydrogens is 864 g/mol. The molecule has 9 heteroatoms. The van der Waals surface area contributed by atoms with Crippen molar-refractivity contribution in [3.05, 3.63) is 72.9 Å². The lowest BCUT2D eigenvalue weighted by atomic mass is 10.0. The topological polar surface area (TPSA) is 108 Å². The Labute approximate surface area is 421 Å². The van der Waals surface area contributed by atoms with Gasteiger partial charge < -0.3 is 28.8 Å². The number of hydrogen-bond acceptors (Lipinski definition) is 6. The average molecular weight is 974 g/mol. The van der Waals surface area contributed by atoms with E-state index >= 15 is 0 Å². The molecule has 3 atom stereocenters. The van der Waals surface area contributed by atoms with Gasteiger partial charge in [0.1, 0.15) is 13.2 Å². The second-order valence-corrected chi connectivity index (χ2v) is 21.7. The minimum absolute atomic E-state index is 0.00974. The highest BCUT2D eigenvalue weighted by molar-refractivity contribution is 7.45. The molecule has 0 aromatic rings. The van der Waals surface area contributed by atoms with Gasteiger partial charge in [-0.2, -0.15) is 0 Å². The van der Waals surface area contributed by atoms with Crippen LogP contribution in [0, 0.1) is 0 Å². The third kappa shape index (κ3) is 51.8. The summed E-state index contributed by atoms with van der Waals surface area (Å²) in [5.41, 5.74) is 0. The van der Waals surface area contributed by atoms with Crippen LogP contribution < -0.4 is 10.2 Å². The molecule has 0 aromatic heterocycles. The number of quaternary nitrogens is 1. The highest BCUT2D eigenvalue weighted by atomic mass is 31.2. The van der Waals surface area contributed by atoms with Crippen LogP contribution in [0.5, 0.6) is 0 Å². The number of aliphatic hydroxyl groups excluding tert-OH is 1. The summed E-state index contributed by atoms with van der Waals surface area (Å²) in [7, 11) is 1.30. The Balaban J connectivity index is 4.12. The molecule has 0 spiro atoms. The minimum atomic E-state index is -4.57. The molecule has 1 amide bonds. The summed E-state index contributed by atoms with van der Waals surface area (Å²) >= 11 is 0. The van der Waals surface area contributed by atoms with E-state index in [0.717, 1.165) is 77.0 Å². The van der Waals surface area contributed by atoms with Crippen molar-refractivity contribution in [1.82, 2.24) is 5.32 Å². The lowest BCUT2D eigenvalue weighted by Gasteiger charge is -2.30. The van der Waals surface area contributed by atoms with Crippen LogP contribution in [0.25, 0.3) is 0 Å². The number of nitrogens with one attached hydrogen (secondary N) is 1. The normalized spacial score (nSPS) is 14.5. The second kappa shape index (κ2) is 49.9. The van der Waals surface area contributed by atoms with Gasteiger partial charge in [-0.05, 0) is 64.2 Å². The molecule has 0 aromatic carbocycles. The minimum Gasteiger partial charge on any atom is -0.756 e. The maximum absolute atomic E-state index is 13.0. The van der Waals surface area contributed by atoms with Crippen LogP contribution in [-0.2, 0) is 18.4 Å². The average Bonchev–Trinajstić information content (AvgIpc) is 3.30. The number of aliphatic hydroxyl groups is 1. The smallest absolute Gasteiger partial charge is 0.268 e. The van der Waals surface area contributed by atoms with Crippen molar-refractivity contribution in [3.63, 3.8) is 0 Å². The van der Waals surface area contributed by atoms with Crippen LogP contribution >= 0.6 is 7.82 Å². The van der Waals surface area contributed by atoms with E-state index in [1.165, 1.54) is 141 Å². The van der Waals surface area contributed by atoms with Crippen molar-refractivity contribution in [2.75, 3.05) is 40.9 Å². The molecule has 3 unspecified atom stereocenters. The Morgan fingerprint density at radius 1 is 0.529 bits per heavy atom. The first-order valence-electron chi connectivity index (χ1n) is 28.3. The summed E-state index contributed by atoms with van der Waals surface area (Å²) < 4.78 is 23.4. The summed E-state index contributed by atoms with van der Waals surface area (Å²) in [6.45, 7) is 4.61. The zero-order valence-corrected chi connectivity index (χ0v) is 45.9. The van der Waals surface area contributed by atoms with Gasteiger partial charge in [0.05, 0.1) is 39.9 Å². The number of unbranched alkanes of at least 4 members (excludes halogenated alkanes) is 26. The maximum Gasteiger partial charge on any atom is 0.268 e. The standard InChI is InChI=1S/C59H109N2O6P/c1-6-8-10-12-14-16-18-20-22-23-24-25-26-27-28-29-30-31-32-33-34-35-36-37-39-41-43-45-47-49-51-53-59(63)60-57(56-67-68(64,65)66-55-54-61(3,4)5)58(62)52-50-48-46-44-42-40-38-21-19-17-15-13-11-9-7-2/h8,10,14,16,20,22,24-25,27-28,30-31,57-58,62H,6-7,9,11-13,15,17-19,21,23,26,29,32-56H2,1-5H3,(H-,60,63,64,65)/b10-8-,16-14-,22-20-,25-24-,28-27-,31-30-. The van der Waals surface area contributed by atoms with Crippen LogP contribution in [-0.4, -0.2) is 68.5 Å². The van der Waals surface area contributed by atoms with E-state index in [-0.39, 0.29) is 19.1 Å². The molecule has 0 radical (unpaired) electrons. The zero-order valence-electron chi connectivity index (χ0n) is 45.0. The molecule has 0 saturated carbocycles. The van der Waals surface area contributed by atoms with Crippen LogP contribution in [0.2, 0.25) is 0 Å². The lowest BCUT2D eigenvalue weighted by molar-refractivity contribution is -0.870. The van der Waals surface area contributed by atoms with E-state index in [4.69, 9.17) is 9.05 Å². The van der Waals surface area contributed by atoms with Gasteiger partial charge in [-0.25, -0.2) is 0 Å². The zero-order chi connectivity index (χ0) is 49.9. The predicted octanol–water partition coefficient (Wildman–Crippen LogP) is 16.5. The number of phosphoric acid groups is 1. The van der Waals surface area contributed by atoms with Gasteiger partial charge >= 0.3 is 0 Å². The van der Waals surface area contributed by atoms with E-state index in [0.29, 0.717) is 23.9 Å². The molecular formula is C59H109N2O6P. The van der Waals surface area contributed by atoms with Crippen molar-refractivity contribution in [3.8, 4) is 0 Å². The molecule has 0 rings (SSSR count). The van der Waals surface area contributed by atoms with Crippen molar-refractivity contribution >= 4 is 13.7 Å². The molecule has 0 saturated heterocycles. The Morgan fingerprint density at radius 2 is 0.897 bits per heavy atom. The van der Waals surface area contributed by atoms with Crippen molar-refractivity contribution < 1.29 is 32.9 Å². The first-order chi connectivity index (χ1) is 33.0. The first-order valence-corrected chi connectivity index (χ1v) is 29.7. The number of nitrogens with zero attached hydrogens (tertiary/aromatic N) is 1. The van der Waals surface area contributed by atoms with E-state index in [1.54, 1.807) is 0 Å². The van der Waals surface area contributed by atoms with Gasteiger partial charge in [-0.1, -0.05) is 247 Å². The number of likely N-dealkylation sites (N-methyl/N-ethyl adjacent to an activating group) is 1. The fourth-order valence-corrected chi connectivity index (χ4v) is 8.77. The van der Waals surface area contributed by atoms with E-state index in [2.05, 4.69) is 92.1 Å². The Morgan fingerprint density at radius 3 is 1.31 bits per heavy atom. The number of hydrogen-bond donors (Lipinski definition) is 2. The SMILES string of the molecule is CC/C=C\C/C=C\C/C=C\C/C=C\C/C=C\C/C=C\CCCCCCCCCCCCCCC(=O)NC(COP(=O)([O-])OCC[N+](C)(C)C)C(O)CCCCCCCCCCCCCCCCC. The number of rotatable bonds is 51. The summed E-state index contributed by atoms with van der Waals surface area (Å²) in [5.74, 6) is -0.168. The number of allylic oxidation sites excluding steroid dienone is 12. The Hall–Kier alpha value is -2.06. The third-order valence-corrected chi connectivity index (χ3v) is 13.4. The highest BCUT2D eigenvalue weighted by Gasteiger charge is 2.24. The summed E-state index contributed by atoms with van der Waals surface area (Å²) in [4.78, 5) is 25.5. The monoisotopic (exact) mass is 973 g/mol. The highest BCUT2D eigenvalue weighted by Crippen LogP contribution is 2.38. The van der Waals surface area contributed by atoms with Gasteiger partial charge in [-0.15, -0.1) is 0 Å². The molecule has 8 nitrogen and oxygen atoms in total. The molecule has 68 heavy (non-hydrogen) atoms. The fourth-order valence-electron chi connectivity index (χ4n) is 8.04. The van der Waals surface area contributed by atoms with Gasteiger partial charge in [0.15, 0.2) is 0 Å². The number of phosphoric ester groups is 1. The van der Waals surface area contributed by atoms with E-state index in [9.17, 15) is 19.4 Å². The summed E-state index contributed by atoms with van der Waals surface area (Å²) in [5, 5.41) is 14.0. The van der Waals surface area contributed by atoms with Gasteiger partial charge in [0.25, 0.3) is 7.82 Å². The van der Waals surface area contributed by atoms with Gasteiger partial charge in [0.2, 0.25) is 5.91 Å². The van der Waals surface area contributed by atoms with Crippen molar-refractivity contribution in [2.24, 2.45) is 0 Å². The maximum atomic E-state index is 13.0. The molecule has 0 aliphatic heterocycles. The number of carbonyl (C=O) groups is 1. The molecule has 0 aliphatic carbocycles. The van der Waals surface area contributed by atoms with Gasteiger partial charge in [0, 0.05) is 6.42 Å². The predicted molar refractivity (Wildman–Crippen MR) is 293 cm³/mol. The molecule has 2 N–H and O–H groups in total. The van der Waals surface area contributed by atoms with Crippen molar-refractivity contribution in [1.29, 1.82) is 0 Å². The fraction of sp³-hybridized carbons (Fsp3) is 0.780. The van der Waals surface area contributed by atoms with Gasteiger partial charge in [-0.3, -0.25) is 9.36 Å². The Kier molecular flexibility index (Phi) is 48.4. The molecule has 0 aliphatic rings. The first kappa shape index (κ1) is 65.9. The summed E-state index contributed by atoms with van der Waals surface area (Å²) in [6.07, 6.45) is 67.8. The molecule has 0 fully saturated rings. The lowest BCUT2D eigenvalue weighted by Crippen LogP contribution is -2.46. The van der Waals surface area contributed by atoms with Crippen LogP contribution in [0.1, 0.15) is 245 Å². The van der Waals surface area contributed by atoms with E-state index in [1.807, 2.05) is 21.1 Å². The molecule has 0 bridgehead atoms. The number of amides is 1. The largest absolute Gasteiger partial charge is 0.756 e. The number of carbonyl (C=O) groups excluding carboxylic acids is 1. The quantitative estimate of drug-likeness (QED) is 0.0272.